The van der Waals surface area contributed by atoms with Gasteiger partial charge < -0.3 is 10.6 Å². The molecule has 2 heterocycles. The van der Waals surface area contributed by atoms with Gasteiger partial charge in [-0.3, -0.25) is 4.98 Å². The Hall–Kier alpha value is -0.930. The second kappa shape index (κ2) is 7.61. The van der Waals surface area contributed by atoms with Gasteiger partial charge in [0.15, 0.2) is 0 Å². The van der Waals surface area contributed by atoms with Crippen LogP contribution < -0.4 is 10.6 Å². The molecule has 106 valence electrons. The SMILES string of the molecule is Cc1cccnc1CNC(C)CC1CCCCCN1. The third-order valence-corrected chi connectivity index (χ3v) is 4.04. The quantitative estimate of drug-likeness (QED) is 0.856. The minimum absolute atomic E-state index is 0.539. The van der Waals surface area contributed by atoms with Gasteiger partial charge in [-0.05, 0) is 51.3 Å². The van der Waals surface area contributed by atoms with E-state index in [1.807, 2.05) is 12.3 Å². The Bertz CT molecular complexity index is 370. The van der Waals surface area contributed by atoms with Gasteiger partial charge in [-0.15, -0.1) is 0 Å². The van der Waals surface area contributed by atoms with Gasteiger partial charge in [-0.25, -0.2) is 0 Å². The highest BCUT2D eigenvalue weighted by Gasteiger charge is 2.14. The molecular formula is C16H27N3. The fourth-order valence-electron chi connectivity index (χ4n) is 2.79. The van der Waals surface area contributed by atoms with Crippen molar-refractivity contribution in [3.63, 3.8) is 0 Å². The lowest BCUT2D eigenvalue weighted by molar-refractivity contribution is 0.401. The molecule has 3 heteroatoms. The molecule has 0 bridgehead atoms. The zero-order chi connectivity index (χ0) is 13.5. The topological polar surface area (TPSA) is 37.0 Å². The first-order valence-corrected chi connectivity index (χ1v) is 7.63. The number of pyridine rings is 1. The summed E-state index contributed by atoms with van der Waals surface area (Å²) in [5.74, 6) is 0. The molecular weight excluding hydrogens is 234 g/mol. The molecule has 3 nitrogen and oxygen atoms in total. The first kappa shape index (κ1) is 14.5. The van der Waals surface area contributed by atoms with Gasteiger partial charge in [0.05, 0.1) is 5.69 Å². The highest BCUT2D eigenvalue weighted by atomic mass is 15.0. The maximum Gasteiger partial charge on any atom is 0.0570 e. The summed E-state index contributed by atoms with van der Waals surface area (Å²) in [5.41, 5.74) is 2.44. The van der Waals surface area contributed by atoms with Crippen molar-refractivity contribution < 1.29 is 0 Å². The van der Waals surface area contributed by atoms with Crippen molar-refractivity contribution in [2.45, 2.75) is 64.6 Å². The Labute approximate surface area is 117 Å². The van der Waals surface area contributed by atoms with Gasteiger partial charge in [0, 0.05) is 24.8 Å². The van der Waals surface area contributed by atoms with Crippen LogP contribution in [0.2, 0.25) is 0 Å². The lowest BCUT2D eigenvalue weighted by Crippen LogP contribution is -2.36. The van der Waals surface area contributed by atoms with E-state index in [4.69, 9.17) is 0 Å². The molecule has 0 amide bonds. The number of nitrogens with one attached hydrogen (secondary N) is 2. The summed E-state index contributed by atoms with van der Waals surface area (Å²) >= 11 is 0. The molecule has 1 saturated heterocycles. The Balaban J connectivity index is 1.74. The molecule has 0 saturated carbocycles. The van der Waals surface area contributed by atoms with Crippen molar-refractivity contribution in [2.75, 3.05) is 6.54 Å². The van der Waals surface area contributed by atoms with Crippen LogP contribution in [0, 0.1) is 6.92 Å². The van der Waals surface area contributed by atoms with Crippen LogP contribution in [0.4, 0.5) is 0 Å². The van der Waals surface area contributed by atoms with Crippen molar-refractivity contribution >= 4 is 0 Å². The van der Waals surface area contributed by atoms with Crippen molar-refractivity contribution in [2.24, 2.45) is 0 Å². The van der Waals surface area contributed by atoms with E-state index in [9.17, 15) is 0 Å². The molecule has 0 radical (unpaired) electrons. The molecule has 2 atom stereocenters. The van der Waals surface area contributed by atoms with E-state index in [1.165, 1.54) is 49.9 Å². The predicted octanol–water partition coefficient (Wildman–Crippen LogP) is 2.79. The molecule has 2 unspecified atom stereocenters. The minimum atomic E-state index is 0.539. The summed E-state index contributed by atoms with van der Waals surface area (Å²) < 4.78 is 0. The van der Waals surface area contributed by atoms with Crippen molar-refractivity contribution in [1.29, 1.82) is 0 Å². The van der Waals surface area contributed by atoms with Crippen molar-refractivity contribution in [1.82, 2.24) is 15.6 Å². The molecule has 1 aliphatic heterocycles. The zero-order valence-electron chi connectivity index (χ0n) is 12.3. The molecule has 0 aromatic carbocycles. The predicted molar refractivity (Wildman–Crippen MR) is 80.2 cm³/mol. The van der Waals surface area contributed by atoms with Crippen LogP contribution >= 0.6 is 0 Å². The Morgan fingerprint density at radius 1 is 1.42 bits per heavy atom. The van der Waals surface area contributed by atoms with Gasteiger partial charge in [0.1, 0.15) is 0 Å². The van der Waals surface area contributed by atoms with Crippen LogP contribution in [-0.2, 0) is 6.54 Å². The van der Waals surface area contributed by atoms with E-state index < -0.39 is 0 Å². The first-order chi connectivity index (χ1) is 9.25. The Morgan fingerprint density at radius 3 is 3.16 bits per heavy atom. The highest BCUT2D eigenvalue weighted by molar-refractivity contribution is 5.17. The maximum absolute atomic E-state index is 4.43. The molecule has 1 aliphatic rings. The molecule has 2 N–H and O–H groups in total. The smallest absolute Gasteiger partial charge is 0.0570 e. The third-order valence-electron chi connectivity index (χ3n) is 4.04. The fraction of sp³-hybridized carbons (Fsp3) is 0.688. The number of hydrogen-bond donors (Lipinski definition) is 2. The summed E-state index contributed by atoms with van der Waals surface area (Å²) in [6, 6.07) is 5.35. The highest BCUT2D eigenvalue weighted by Crippen LogP contribution is 2.13. The van der Waals surface area contributed by atoms with Gasteiger partial charge in [-0.2, -0.15) is 0 Å². The summed E-state index contributed by atoms with van der Waals surface area (Å²) in [5, 5.41) is 7.27. The number of nitrogens with zero attached hydrogens (tertiary/aromatic N) is 1. The van der Waals surface area contributed by atoms with Crippen LogP contribution in [0.1, 0.15) is 50.3 Å². The van der Waals surface area contributed by atoms with Crippen LogP contribution in [0.5, 0.6) is 0 Å². The number of hydrogen-bond acceptors (Lipinski definition) is 3. The van der Waals surface area contributed by atoms with Crippen LogP contribution in [0.15, 0.2) is 18.3 Å². The molecule has 0 aliphatic carbocycles. The lowest BCUT2D eigenvalue weighted by atomic mass is 10.0. The normalized spacial score (nSPS) is 21.9. The lowest BCUT2D eigenvalue weighted by Gasteiger charge is -2.21. The first-order valence-electron chi connectivity index (χ1n) is 7.63. The van der Waals surface area contributed by atoms with Gasteiger partial charge in [0.2, 0.25) is 0 Å². The number of aryl methyl sites for hydroxylation is 1. The largest absolute Gasteiger partial charge is 0.314 e. The molecule has 0 spiro atoms. The van der Waals surface area contributed by atoms with E-state index in [2.05, 4.69) is 35.5 Å². The average Bonchev–Trinajstić information content (AvgIpc) is 2.66. The number of aromatic nitrogens is 1. The zero-order valence-corrected chi connectivity index (χ0v) is 12.3. The molecule has 19 heavy (non-hydrogen) atoms. The molecule has 1 aromatic rings. The fourth-order valence-corrected chi connectivity index (χ4v) is 2.79. The maximum atomic E-state index is 4.43. The molecule has 1 fully saturated rings. The van der Waals surface area contributed by atoms with E-state index in [1.54, 1.807) is 0 Å². The summed E-state index contributed by atoms with van der Waals surface area (Å²) in [6.45, 7) is 6.48. The molecule has 1 aromatic heterocycles. The van der Waals surface area contributed by atoms with E-state index in [0.717, 1.165) is 6.54 Å². The van der Waals surface area contributed by atoms with Gasteiger partial charge >= 0.3 is 0 Å². The second-order valence-corrected chi connectivity index (χ2v) is 5.79. The average molecular weight is 261 g/mol. The van der Waals surface area contributed by atoms with E-state index >= 15 is 0 Å². The van der Waals surface area contributed by atoms with Crippen molar-refractivity contribution in [3.05, 3.63) is 29.6 Å². The van der Waals surface area contributed by atoms with Crippen LogP contribution in [-0.4, -0.2) is 23.6 Å². The summed E-state index contributed by atoms with van der Waals surface area (Å²) in [4.78, 5) is 4.43. The molecule has 2 rings (SSSR count). The number of rotatable bonds is 5. The minimum Gasteiger partial charge on any atom is -0.314 e. The van der Waals surface area contributed by atoms with Crippen molar-refractivity contribution in [3.8, 4) is 0 Å². The standard InChI is InChI=1S/C16H27N3/c1-13-7-6-10-18-16(13)12-19-14(2)11-15-8-4-3-5-9-17-15/h6-7,10,14-15,17,19H,3-5,8-9,11-12H2,1-2H3. The monoisotopic (exact) mass is 261 g/mol. The van der Waals surface area contributed by atoms with E-state index in [-0.39, 0.29) is 0 Å². The second-order valence-electron chi connectivity index (χ2n) is 5.79. The summed E-state index contributed by atoms with van der Waals surface area (Å²) in [7, 11) is 0. The van der Waals surface area contributed by atoms with Crippen LogP contribution in [0.25, 0.3) is 0 Å². The van der Waals surface area contributed by atoms with Gasteiger partial charge in [-0.1, -0.05) is 18.9 Å². The Kier molecular flexibility index (Phi) is 5.80. The third kappa shape index (κ3) is 4.92. The van der Waals surface area contributed by atoms with E-state index in [0.29, 0.717) is 12.1 Å². The van der Waals surface area contributed by atoms with Gasteiger partial charge in [0.25, 0.3) is 0 Å². The van der Waals surface area contributed by atoms with Crippen LogP contribution in [0.3, 0.4) is 0 Å². The summed E-state index contributed by atoms with van der Waals surface area (Å²) in [6.07, 6.45) is 8.52. The Morgan fingerprint density at radius 2 is 2.32 bits per heavy atom.